The van der Waals surface area contributed by atoms with Gasteiger partial charge >= 0.3 is 5.97 Å². The number of ether oxygens (including phenoxy) is 1. The Hall–Kier alpha value is -2.96. The first kappa shape index (κ1) is 24.7. The summed E-state index contributed by atoms with van der Waals surface area (Å²) in [5.41, 5.74) is 1.74. The van der Waals surface area contributed by atoms with Crippen LogP contribution >= 0.6 is 0 Å². The van der Waals surface area contributed by atoms with Crippen LogP contribution in [0.15, 0.2) is 36.4 Å². The minimum Gasteiger partial charge on any atom is -0.454 e. The lowest BCUT2D eigenvalue weighted by Gasteiger charge is -2.26. The molecule has 1 fully saturated rings. The van der Waals surface area contributed by atoms with Crippen molar-refractivity contribution in [3.63, 3.8) is 0 Å². The number of allylic oxidation sites excluding steroid dienone is 2. The van der Waals surface area contributed by atoms with Gasteiger partial charge in [-0.1, -0.05) is 58.9 Å². The van der Waals surface area contributed by atoms with Crippen LogP contribution in [0.4, 0.5) is 5.69 Å². The SMILES string of the molecule is CC(C)C[C@@H](C(=O)OCC(=O)Nc1ccc(C(C)(C)C)cc1)N1C(=O)[C@H]2CC=CC[C@H]2C1=O. The Bertz CT molecular complexity index is 916. The lowest BCUT2D eigenvalue weighted by molar-refractivity contribution is -0.160. The fraction of sp³-hybridized carbons (Fsp3) is 0.538. The van der Waals surface area contributed by atoms with E-state index in [9.17, 15) is 19.2 Å². The summed E-state index contributed by atoms with van der Waals surface area (Å²) in [6, 6.07) is 6.48. The van der Waals surface area contributed by atoms with E-state index >= 15 is 0 Å². The molecule has 0 aromatic heterocycles. The summed E-state index contributed by atoms with van der Waals surface area (Å²) in [5.74, 6) is -2.62. The Kier molecular flexibility index (Phi) is 7.40. The fourth-order valence-electron chi connectivity index (χ4n) is 4.37. The van der Waals surface area contributed by atoms with E-state index in [1.165, 1.54) is 0 Å². The van der Waals surface area contributed by atoms with E-state index in [4.69, 9.17) is 4.74 Å². The molecule has 0 spiro atoms. The van der Waals surface area contributed by atoms with Crippen LogP contribution in [-0.4, -0.2) is 41.2 Å². The van der Waals surface area contributed by atoms with Crippen molar-refractivity contribution >= 4 is 29.4 Å². The molecule has 0 saturated carbocycles. The van der Waals surface area contributed by atoms with Crippen molar-refractivity contribution in [1.82, 2.24) is 4.90 Å². The zero-order valence-corrected chi connectivity index (χ0v) is 20.1. The van der Waals surface area contributed by atoms with Crippen molar-refractivity contribution in [1.29, 1.82) is 0 Å². The first-order valence-electron chi connectivity index (χ1n) is 11.6. The molecule has 1 saturated heterocycles. The molecule has 0 radical (unpaired) electrons. The maximum Gasteiger partial charge on any atom is 0.329 e. The molecule has 2 aliphatic rings. The molecule has 1 aromatic rings. The van der Waals surface area contributed by atoms with E-state index in [2.05, 4.69) is 26.1 Å². The Labute approximate surface area is 195 Å². The van der Waals surface area contributed by atoms with Gasteiger partial charge in [0, 0.05) is 5.69 Å². The second-order valence-corrected chi connectivity index (χ2v) is 10.3. The molecule has 3 amide bonds. The van der Waals surface area contributed by atoms with E-state index in [0.29, 0.717) is 24.9 Å². The molecule has 3 rings (SSSR count). The number of esters is 1. The summed E-state index contributed by atoms with van der Waals surface area (Å²) in [4.78, 5) is 52.2. The van der Waals surface area contributed by atoms with Crippen molar-refractivity contribution in [3.05, 3.63) is 42.0 Å². The van der Waals surface area contributed by atoms with Crippen molar-refractivity contribution in [2.24, 2.45) is 17.8 Å². The molecule has 1 N–H and O–H groups in total. The van der Waals surface area contributed by atoms with Gasteiger partial charge in [0.15, 0.2) is 6.61 Å². The summed E-state index contributed by atoms with van der Waals surface area (Å²) < 4.78 is 5.27. The molecule has 0 bridgehead atoms. The Morgan fingerprint density at radius 2 is 1.58 bits per heavy atom. The second-order valence-electron chi connectivity index (χ2n) is 10.3. The smallest absolute Gasteiger partial charge is 0.329 e. The average molecular weight is 455 g/mol. The normalized spacial score (nSPS) is 21.2. The van der Waals surface area contributed by atoms with E-state index in [-0.39, 0.29) is 23.1 Å². The molecule has 7 heteroatoms. The van der Waals surface area contributed by atoms with Crippen LogP contribution in [0.3, 0.4) is 0 Å². The van der Waals surface area contributed by atoms with E-state index in [0.717, 1.165) is 10.5 Å². The van der Waals surface area contributed by atoms with Gasteiger partial charge in [0.1, 0.15) is 6.04 Å². The molecule has 178 valence electrons. The number of nitrogens with zero attached hydrogens (tertiary/aromatic N) is 1. The summed E-state index contributed by atoms with van der Waals surface area (Å²) >= 11 is 0. The number of benzene rings is 1. The van der Waals surface area contributed by atoms with Crippen LogP contribution in [0.1, 0.15) is 59.4 Å². The topological polar surface area (TPSA) is 92.8 Å². The Balaban J connectivity index is 1.63. The number of anilines is 1. The third-order valence-electron chi connectivity index (χ3n) is 6.20. The van der Waals surface area contributed by atoms with Gasteiger partial charge in [-0.15, -0.1) is 0 Å². The van der Waals surface area contributed by atoms with Gasteiger partial charge < -0.3 is 10.1 Å². The molecule has 1 aromatic carbocycles. The second kappa shape index (κ2) is 9.89. The molecule has 0 unspecified atom stereocenters. The fourth-order valence-corrected chi connectivity index (χ4v) is 4.37. The third-order valence-corrected chi connectivity index (χ3v) is 6.20. The standard InChI is InChI=1S/C26H34N2O5/c1-16(2)14-21(28-23(30)19-8-6-7-9-20(19)24(28)31)25(32)33-15-22(29)27-18-12-10-17(11-13-18)26(3,4)5/h6-7,10-13,16,19-21H,8-9,14-15H2,1-5H3,(H,27,29)/t19-,20+,21-/m0/s1. The Morgan fingerprint density at radius 1 is 1.03 bits per heavy atom. The summed E-state index contributed by atoms with van der Waals surface area (Å²) in [6.45, 7) is 9.65. The molecule has 3 atom stereocenters. The van der Waals surface area contributed by atoms with Gasteiger partial charge in [-0.2, -0.15) is 0 Å². The van der Waals surface area contributed by atoms with Gasteiger partial charge in [0.05, 0.1) is 11.8 Å². The number of fused-ring (bicyclic) bond motifs is 1. The predicted molar refractivity (Wildman–Crippen MR) is 125 cm³/mol. The number of carbonyl (C=O) groups is 4. The number of hydrogen-bond acceptors (Lipinski definition) is 5. The highest BCUT2D eigenvalue weighted by molar-refractivity contribution is 6.08. The number of carbonyl (C=O) groups excluding carboxylic acids is 4. The minimum absolute atomic E-state index is 0.00149. The first-order chi connectivity index (χ1) is 15.5. The highest BCUT2D eigenvalue weighted by Crippen LogP contribution is 2.37. The zero-order chi connectivity index (χ0) is 24.3. The largest absolute Gasteiger partial charge is 0.454 e. The summed E-state index contributed by atoms with van der Waals surface area (Å²) in [5, 5.41) is 2.71. The quantitative estimate of drug-likeness (QED) is 0.384. The van der Waals surface area contributed by atoms with Crippen LogP contribution in [0.25, 0.3) is 0 Å². The molecular weight excluding hydrogens is 420 g/mol. The van der Waals surface area contributed by atoms with Gasteiger partial charge in [0.2, 0.25) is 11.8 Å². The van der Waals surface area contributed by atoms with Crippen LogP contribution in [0.5, 0.6) is 0 Å². The van der Waals surface area contributed by atoms with E-state index in [1.54, 1.807) is 12.1 Å². The summed E-state index contributed by atoms with van der Waals surface area (Å²) in [7, 11) is 0. The summed E-state index contributed by atoms with van der Waals surface area (Å²) in [6.07, 6.45) is 5.12. The van der Waals surface area contributed by atoms with Gasteiger partial charge in [-0.3, -0.25) is 19.3 Å². The lowest BCUT2D eigenvalue weighted by atomic mass is 9.85. The zero-order valence-electron chi connectivity index (χ0n) is 20.1. The molecular formula is C26H34N2O5. The maximum absolute atomic E-state index is 12.9. The number of amides is 3. The molecule has 1 aliphatic carbocycles. The minimum atomic E-state index is -1.02. The van der Waals surface area contributed by atoms with Crippen molar-refractivity contribution in [3.8, 4) is 0 Å². The molecule has 33 heavy (non-hydrogen) atoms. The van der Waals surface area contributed by atoms with Crippen LogP contribution in [0, 0.1) is 17.8 Å². The van der Waals surface area contributed by atoms with Crippen molar-refractivity contribution in [2.75, 3.05) is 11.9 Å². The molecule has 1 heterocycles. The number of hydrogen-bond donors (Lipinski definition) is 1. The number of nitrogens with one attached hydrogen (secondary N) is 1. The lowest BCUT2D eigenvalue weighted by Crippen LogP contribution is -2.47. The van der Waals surface area contributed by atoms with E-state index < -0.39 is 36.4 Å². The predicted octanol–water partition coefficient (Wildman–Crippen LogP) is 3.83. The van der Waals surface area contributed by atoms with Gasteiger partial charge in [-0.05, 0) is 48.3 Å². The van der Waals surface area contributed by atoms with Gasteiger partial charge in [-0.25, -0.2) is 4.79 Å². The van der Waals surface area contributed by atoms with Gasteiger partial charge in [0.25, 0.3) is 5.91 Å². The highest BCUT2D eigenvalue weighted by atomic mass is 16.5. The highest BCUT2D eigenvalue weighted by Gasteiger charge is 2.51. The average Bonchev–Trinajstić information content (AvgIpc) is 3.00. The van der Waals surface area contributed by atoms with E-state index in [1.807, 2.05) is 38.1 Å². The van der Waals surface area contributed by atoms with Crippen molar-refractivity contribution in [2.45, 2.75) is 65.3 Å². The number of imide groups is 1. The Morgan fingerprint density at radius 3 is 2.06 bits per heavy atom. The number of likely N-dealkylation sites (tertiary alicyclic amines) is 1. The molecule has 1 aliphatic heterocycles. The van der Waals surface area contributed by atoms with Crippen molar-refractivity contribution < 1.29 is 23.9 Å². The number of rotatable bonds is 7. The maximum atomic E-state index is 12.9. The first-order valence-corrected chi connectivity index (χ1v) is 11.6. The van der Waals surface area contributed by atoms with Crippen LogP contribution in [-0.2, 0) is 29.3 Å². The molecule has 7 nitrogen and oxygen atoms in total. The third kappa shape index (κ3) is 5.70. The van der Waals surface area contributed by atoms with Crippen LogP contribution in [0.2, 0.25) is 0 Å². The monoisotopic (exact) mass is 454 g/mol. The van der Waals surface area contributed by atoms with Crippen LogP contribution < -0.4 is 5.32 Å².